The molecule has 0 amide bonds. The summed E-state index contributed by atoms with van der Waals surface area (Å²) in [6.45, 7) is 0. The molecule has 0 aliphatic rings. The van der Waals surface area contributed by atoms with Crippen molar-refractivity contribution in [2.24, 2.45) is 0 Å². The number of hydrogen-bond acceptors (Lipinski definition) is 3. The zero-order valence-electron chi connectivity index (χ0n) is 8.79. The predicted octanol–water partition coefficient (Wildman–Crippen LogP) is 2.25. The number of nitrogens with zero attached hydrogens (tertiary/aromatic N) is 1. The summed E-state index contributed by atoms with van der Waals surface area (Å²) in [5.41, 5.74) is 1.68. The maximum absolute atomic E-state index is 11.0. The highest BCUT2D eigenvalue weighted by atomic mass is 32.2. The molecule has 4 heteroatoms. The summed E-state index contributed by atoms with van der Waals surface area (Å²) in [6.07, 6.45) is 4.37. The van der Waals surface area contributed by atoms with Gasteiger partial charge in [-0.1, -0.05) is 18.2 Å². The van der Waals surface area contributed by atoms with Crippen molar-refractivity contribution in [2.45, 2.75) is 0 Å². The number of aromatic nitrogens is 1. The largest absolute Gasteiger partial charge is 0.256 e. The normalized spacial score (nSPS) is 12.3. The van der Waals surface area contributed by atoms with Crippen LogP contribution < -0.4 is 0 Å². The van der Waals surface area contributed by atoms with E-state index in [-0.39, 0.29) is 0 Å². The van der Waals surface area contributed by atoms with Crippen molar-refractivity contribution < 1.29 is 8.42 Å². The molecule has 2 aromatic rings. The molecular formula is C12H11NO2S. The Balaban J connectivity index is 2.44. The average Bonchev–Trinajstić information content (AvgIpc) is 2.25. The van der Waals surface area contributed by atoms with Crippen LogP contribution in [0.1, 0.15) is 5.56 Å². The Hall–Kier alpha value is -1.68. The second-order valence-corrected chi connectivity index (χ2v) is 5.52. The fourth-order valence-corrected chi connectivity index (χ4v) is 1.79. The topological polar surface area (TPSA) is 47.0 Å². The molecule has 3 nitrogen and oxygen atoms in total. The number of benzene rings is 1. The van der Waals surface area contributed by atoms with Gasteiger partial charge >= 0.3 is 0 Å². The molecule has 82 valence electrons. The summed E-state index contributed by atoms with van der Waals surface area (Å²) in [4.78, 5) is 4.24. The van der Waals surface area contributed by atoms with Gasteiger partial charge in [-0.05, 0) is 23.8 Å². The first-order valence-corrected chi connectivity index (χ1v) is 6.73. The predicted molar refractivity (Wildman–Crippen MR) is 65.6 cm³/mol. The van der Waals surface area contributed by atoms with E-state index in [2.05, 4.69) is 4.98 Å². The van der Waals surface area contributed by atoms with E-state index < -0.39 is 9.84 Å². The lowest BCUT2D eigenvalue weighted by Gasteiger charge is -1.97. The SMILES string of the molecule is CS(=O)(=O)/C=C/c1cnc2ccccc2c1. The van der Waals surface area contributed by atoms with Crippen LogP contribution in [0.4, 0.5) is 0 Å². The summed E-state index contributed by atoms with van der Waals surface area (Å²) >= 11 is 0. The molecule has 0 radical (unpaired) electrons. The highest BCUT2D eigenvalue weighted by Crippen LogP contribution is 2.13. The number of hydrogen-bond donors (Lipinski definition) is 0. The minimum absolute atomic E-state index is 0.782. The minimum atomic E-state index is -3.08. The Bertz CT molecular complexity index is 645. The van der Waals surface area contributed by atoms with Gasteiger partial charge < -0.3 is 0 Å². The summed E-state index contributed by atoms with van der Waals surface area (Å²) in [6, 6.07) is 9.61. The van der Waals surface area contributed by atoms with Crippen molar-refractivity contribution in [3.8, 4) is 0 Å². The van der Waals surface area contributed by atoms with Crippen LogP contribution in [-0.2, 0) is 9.84 Å². The Morgan fingerprint density at radius 1 is 1.25 bits per heavy atom. The third kappa shape index (κ3) is 2.67. The number of fused-ring (bicyclic) bond motifs is 1. The molecular weight excluding hydrogens is 222 g/mol. The van der Waals surface area contributed by atoms with Gasteiger partial charge in [0, 0.05) is 23.2 Å². The third-order valence-corrected chi connectivity index (χ3v) is 2.75. The van der Waals surface area contributed by atoms with Crippen LogP contribution in [0.25, 0.3) is 17.0 Å². The molecule has 0 fully saturated rings. The van der Waals surface area contributed by atoms with Crippen molar-refractivity contribution in [1.82, 2.24) is 4.98 Å². The van der Waals surface area contributed by atoms with Crippen molar-refractivity contribution in [2.75, 3.05) is 6.26 Å². The van der Waals surface area contributed by atoms with Gasteiger partial charge in [0.2, 0.25) is 0 Å². The lowest BCUT2D eigenvalue weighted by atomic mass is 10.2. The van der Waals surface area contributed by atoms with Crippen LogP contribution >= 0.6 is 0 Å². The van der Waals surface area contributed by atoms with E-state index in [0.29, 0.717) is 0 Å². The molecule has 16 heavy (non-hydrogen) atoms. The van der Waals surface area contributed by atoms with Crippen LogP contribution in [0.3, 0.4) is 0 Å². The van der Waals surface area contributed by atoms with Crippen LogP contribution in [0.5, 0.6) is 0 Å². The number of rotatable bonds is 2. The highest BCUT2D eigenvalue weighted by Gasteiger charge is 1.96. The maximum Gasteiger partial charge on any atom is 0.168 e. The van der Waals surface area contributed by atoms with E-state index in [0.717, 1.165) is 22.7 Å². The van der Waals surface area contributed by atoms with Gasteiger partial charge in [0.1, 0.15) is 0 Å². The Kier molecular flexibility index (Phi) is 2.75. The molecule has 1 aromatic carbocycles. The fourth-order valence-electron chi connectivity index (χ4n) is 1.38. The highest BCUT2D eigenvalue weighted by molar-refractivity contribution is 7.93. The fraction of sp³-hybridized carbons (Fsp3) is 0.0833. The molecule has 0 unspecified atom stereocenters. The first kappa shape index (κ1) is 10.8. The second kappa shape index (κ2) is 4.06. The second-order valence-electron chi connectivity index (χ2n) is 3.59. The van der Waals surface area contributed by atoms with Crippen LogP contribution in [0.15, 0.2) is 41.9 Å². The van der Waals surface area contributed by atoms with E-state index >= 15 is 0 Å². The smallest absolute Gasteiger partial charge is 0.168 e. The van der Waals surface area contributed by atoms with Crippen LogP contribution in [-0.4, -0.2) is 19.7 Å². The van der Waals surface area contributed by atoms with Crippen molar-refractivity contribution in [1.29, 1.82) is 0 Å². The standard InChI is InChI=1S/C12H11NO2S/c1-16(14,15)7-6-10-8-11-4-2-3-5-12(11)13-9-10/h2-9H,1H3/b7-6+. The average molecular weight is 233 g/mol. The van der Waals surface area contributed by atoms with E-state index in [4.69, 9.17) is 0 Å². The summed E-state index contributed by atoms with van der Waals surface area (Å²) in [7, 11) is -3.08. The first-order valence-electron chi connectivity index (χ1n) is 4.77. The molecule has 0 atom stereocenters. The Morgan fingerprint density at radius 2 is 2.00 bits per heavy atom. The van der Waals surface area contributed by atoms with Gasteiger partial charge in [0.25, 0.3) is 0 Å². The number of sulfone groups is 1. The first-order chi connectivity index (χ1) is 7.54. The van der Waals surface area contributed by atoms with E-state index in [1.54, 1.807) is 12.3 Å². The van der Waals surface area contributed by atoms with Crippen LogP contribution in [0, 0.1) is 0 Å². The molecule has 0 spiro atoms. The molecule has 0 bridgehead atoms. The molecule has 0 aliphatic heterocycles. The lowest BCUT2D eigenvalue weighted by Crippen LogP contribution is -1.88. The van der Waals surface area contributed by atoms with Crippen molar-refractivity contribution in [3.63, 3.8) is 0 Å². The van der Waals surface area contributed by atoms with E-state index in [9.17, 15) is 8.42 Å². The quantitative estimate of drug-likeness (QED) is 0.799. The van der Waals surface area contributed by atoms with E-state index in [1.165, 1.54) is 5.41 Å². The summed E-state index contributed by atoms with van der Waals surface area (Å²) in [5.74, 6) is 0. The minimum Gasteiger partial charge on any atom is -0.256 e. The van der Waals surface area contributed by atoms with Gasteiger partial charge in [-0.25, -0.2) is 8.42 Å². The molecule has 0 saturated heterocycles. The number of pyridine rings is 1. The molecule has 0 aliphatic carbocycles. The molecule has 0 N–H and O–H groups in total. The van der Waals surface area contributed by atoms with Gasteiger partial charge in [0.05, 0.1) is 5.52 Å². The Morgan fingerprint density at radius 3 is 2.75 bits per heavy atom. The molecule has 2 rings (SSSR count). The molecule has 1 heterocycles. The van der Waals surface area contributed by atoms with Crippen molar-refractivity contribution in [3.05, 3.63) is 47.5 Å². The summed E-state index contributed by atoms with van der Waals surface area (Å²) in [5, 5.41) is 2.18. The van der Waals surface area contributed by atoms with Crippen LogP contribution in [0.2, 0.25) is 0 Å². The molecule has 1 aromatic heterocycles. The monoisotopic (exact) mass is 233 g/mol. The molecule has 0 saturated carbocycles. The van der Waals surface area contributed by atoms with Gasteiger partial charge in [-0.3, -0.25) is 4.98 Å². The lowest BCUT2D eigenvalue weighted by molar-refractivity contribution is 0.610. The zero-order chi connectivity index (χ0) is 11.6. The van der Waals surface area contributed by atoms with E-state index in [1.807, 2.05) is 30.3 Å². The maximum atomic E-state index is 11.0. The van der Waals surface area contributed by atoms with Gasteiger partial charge in [-0.15, -0.1) is 0 Å². The van der Waals surface area contributed by atoms with Gasteiger partial charge in [0.15, 0.2) is 9.84 Å². The third-order valence-electron chi connectivity index (χ3n) is 2.12. The van der Waals surface area contributed by atoms with Gasteiger partial charge in [-0.2, -0.15) is 0 Å². The zero-order valence-corrected chi connectivity index (χ0v) is 9.61. The Labute approximate surface area is 94.4 Å². The van der Waals surface area contributed by atoms with Crippen molar-refractivity contribution >= 4 is 26.8 Å². The summed E-state index contributed by atoms with van der Waals surface area (Å²) < 4.78 is 21.9. The number of para-hydroxylation sites is 1.